The monoisotopic (exact) mass is 491 g/mol. The van der Waals surface area contributed by atoms with Crippen LogP contribution in [0, 0.1) is 24.6 Å². The van der Waals surface area contributed by atoms with Gasteiger partial charge in [-0.15, -0.1) is 0 Å². The molecule has 2 bridgehead atoms. The standard InChI is InChI=1S/C28H30FN3O4/c1-16-9-11-17(12-10-16)15-32-23(25(34)31-27(2,3)4)28-14-13-20(36-28)21(22(28)26(32)35)24(33)30-19-8-6-5-7-18(19)29/h5-14,20-23H,15H2,1-4H3,(H,30,33)(H,31,34)/t20-,21-,22+,23+,28+/m1/s1. The number of anilines is 1. The number of ether oxygens (including phenoxy) is 1. The summed E-state index contributed by atoms with van der Waals surface area (Å²) in [7, 11) is 0. The minimum absolute atomic E-state index is 0.0345. The van der Waals surface area contributed by atoms with Crippen molar-refractivity contribution in [2.24, 2.45) is 11.8 Å². The van der Waals surface area contributed by atoms with E-state index in [-0.39, 0.29) is 24.0 Å². The van der Waals surface area contributed by atoms with Gasteiger partial charge in [0.1, 0.15) is 17.5 Å². The largest absolute Gasteiger partial charge is 0.359 e. The number of para-hydroxylation sites is 1. The number of halogens is 1. The number of likely N-dealkylation sites (tertiary alicyclic amines) is 1. The van der Waals surface area contributed by atoms with Gasteiger partial charge in [-0.1, -0.05) is 54.1 Å². The lowest BCUT2D eigenvalue weighted by Crippen LogP contribution is -2.57. The van der Waals surface area contributed by atoms with Gasteiger partial charge in [-0.05, 0) is 45.4 Å². The van der Waals surface area contributed by atoms with Gasteiger partial charge in [0.05, 0.1) is 23.6 Å². The van der Waals surface area contributed by atoms with Crippen molar-refractivity contribution in [3.8, 4) is 0 Å². The molecule has 0 saturated carbocycles. The van der Waals surface area contributed by atoms with Gasteiger partial charge in [0.15, 0.2) is 0 Å². The van der Waals surface area contributed by atoms with E-state index in [0.29, 0.717) is 0 Å². The molecule has 0 radical (unpaired) electrons. The minimum Gasteiger partial charge on any atom is -0.359 e. The molecule has 5 atom stereocenters. The lowest BCUT2D eigenvalue weighted by Gasteiger charge is -2.34. The number of carbonyl (C=O) groups excluding carboxylic acids is 3. The van der Waals surface area contributed by atoms with E-state index in [2.05, 4.69) is 10.6 Å². The number of hydrogen-bond acceptors (Lipinski definition) is 4. The van der Waals surface area contributed by atoms with Crippen LogP contribution in [-0.4, -0.2) is 45.9 Å². The average molecular weight is 492 g/mol. The maximum absolute atomic E-state index is 14.2. The maximum Gasteiger partial charge on any atom is 0.246 e. The Morgan fingerprint density at radius 1 is 1.08 bits per heavy atom. The third-order valence-electron chi connectivity index (χ3n) is 7.03. The molecule has 8 heteroatoms. The molecule has 3 amide bonds. The highest BCUT2D eigenvalue weighted by Gasteiger charge is 2.72. The van der Waals surface area contributed by atoms with Gasteiger partial charge < -0.3 is 20.3 Å². The fraction of sp³-hybridized carbons (Fsp3) is 0.393. The Hall–Kier alpha value is -3.52. The van der Waals surface area contributed by atoms with Crippen LogP contribution >= 0.6 is 0 Å². The first kappa shape index (κ1) is 24.2. The van der Waals surface area contributed by atoms with E-state index in [1.807, 2.05) is 52.0 Å². The summed E-state index contributed by atoms with van der Waals surface area (Å²) in [5, 5.41) is 5.61. The van der Waals surface area contributed by atoms with Gasteiger partial charge in [-0.3, -0.25) is 14.4 Å². The Morgan fingerprint density at radius 2 is 1.78 bits per heavy atom. The Labute approximate surface area is 209 Å². The summed E-state index contributed by atoms with van der Waals surface area (Å²) < 4.78 is 20.5. The number of carbonyl (C=O) groups is 3. The molecule has 188 valence electrons. The molecule has 3 heterocycles. The van der Waals surface area contributed by atoms with E-state index in [4.69, 9.17) is 4.74 Å². The zero-order chi connectivity index (χ0) is 25.8. The van der Waals surface area contributed by atoms with Crippen LogP contribution in [0.5, 0.6) is 0 Å². The summed E-state index contributed by atoms with van der Waals surface area (Å²) in [5.74, 6) is -3.55. The molecule has 2 saturated heterocycles. The van der Waals surface area contributed by atoms with Crippen molar-refractivity contribution < 1.29 is 23.5 Å². The van der Waals surface area contributed by atoms with Crippen molar-refractivity contribution in [3.05, 3.63) is 77.6 Å². The quantitative estimate of drug-likeness (QED) is 0.628. The molecule has 0 aliphatic carbocycles. The van der Waals surface area contributed by atoms with E-state index in [1.54, 1.807) is 18.2 Å². The van der Waals surface area contributed by atoms with E-state index < -0.39 is 46.8 Å². The zero-order valence-electron chi connectivity index (χ0n) is 20.7. The predicted molar refractivity (Wildman–Crippen MR) is 132 cm³/mol. The van der Waals surface area contributed by atoms with Crippen molar-refractivity contribution in [2.45, 2.75) is 57.5 Å². The van der Waals surface area contributed by atoms with Gasteiger partial charge >= 0.3 is 0 Å². The lowest BCUT2D eigenvalue weighted by molar-refractivity contribution is -0.142. The van der Waals surface area contributed by atoms with Gasteiger partial charge in [0, 0.05) is 12.1 Å². The Bertz CT molecular complexity index is 1250. The van der Waals surface area contributed by atoms with Gasteiger partial charge in [-0.2, -0.15) is 0 Å². The predicted octanol–water partition coefficient (Wildman–Crippen LogP) is 3.34. The van der Waals surface area contributed by atoms with Crippen LogP contribution in [0.3, 0.4) is 0 Å². The number of hydrogen-bond donors (Lipinski definition) is 2. The summed E-state index contributed by atoms with van der Waals surface area (Å²) in [4.78, 5) is 42.5. The average Bonchev–Trinajstić information content (AvgIpc) is 3.43. The topological polar surface area (TPSA) is 87.7 Å². The molecule has 2 aromatic carbocycles. The molecular formula is C28H30FN3O4. The summed E-state index contributed by atoms with van der Waals surface area (Å²) in [5.41, 5.74) is 0.168. The van der Waals surface area contributed by atoms with Crippen molar-refractivity contribution in [1.82, 2.24) is 10.2 Å². The molecular weight excluding hydrogens is 461 g/mol. The number of amides is 3. The molecule has 2 N–H and O–H groups in total. The van der Waals surface area contributed by atoms with E-state index in [9.17, 15) is 18.8 Å². The second kappa shape index (κ2) is 8.55. The minimum atomic E-state index is -1.28. The van der Waals surface area contributed by atoms with Crippen LogP contribution < -0.4 is 10.6 Å². The molecule has 1 spiro atoms. The summed E-state index contributed by atoms with van der Waals surface area (Å²) in [6.07, 6.45) is 2.81. The number of fused-ring (bicyclic) bond motifs is 1. The second-order valence-electron chi connectivity index (χ2n) is 10.9. The third kappa shape index (κ3) is 3.99. The normalized spacial score (nSPS) is 28.4. The van der Waals surface area contributed by atoms with Gasteiger partial charge in [0.2, 0.25) is 17.7 Å². The fourth-order valence-electron chi connectivity index (χ4n) is 5.54. The van der Waals surface area contributed by atoms with E-state index >= 15 is 0 Å². The lowest BCUT2D eigenvalue weighted by atomic mass is 9.74. The SMILES string of the molecule is Cc1ccc(CN2C(=O)[C@@H]3[C@H](C(=O)Nc4ccccc4F)[C@H]4C=C[C@@]3(O4)[C@@H]2C(=O)NC(C)(C)C)cc1. The number of benzene rings is 2. The van der Waals surface area contributed by atoms with Crippen LogP contribution in [0.2, 0.25) is 0 Å². The first-order valence-electron chi connectivity index (χ1n) is 12.1. The Kier molecular flexibility index (Phi) is 5.75. The highest BCUT2D eigenvalue weighted by atomic mass is 19.1. The number of nitrogens with one attached hydrogen (secondary N) is 2. The highest BCUT2D eigenvalue weighted by Crippen LogP contribution is 2.55. The number of rotatable bonds is 5. The Balaban J connectivity index is 1.51. The van der Waals surface area contributed by atoms with E-state index in [1.165, 1.54) is 23.1 Å². The molecule has 2 aromatic rings. The molecule has 3 aliphatic heterocycles. The van der Waals surface area contributed by atoms with Crippen molar-refractivity contribution in [2.75, 3.05) is 5.32 Å². The van der Waals surface area contributed by atoms with Crippen molar-refractivity contribution in [1.29, 1.82) is 0 Å². The molecule has 0 aromatic heterocycles. The fourth-order valence-corrected chi connectivity index (χ4v) is 5.54. The molecule has 3 aliphatic rings. The van der Waals surface area contributed by atoms with E-state index in [0.717, 1.165) is 11.1 Å². The third-order valence-corrected chi connectivity index (χ3v) is 7.03. The van der Waals surface area contributed by atoms with Crippen LogP contribution in [0.15, 0.2) is 60.7 Å². The first-order chi connectivity index (χ1) is 17.0. The molecule has 36 heavy (non-hydrogen) atoms. The molecule has 7 nitrogen and oxygen atoms in total. The molecule has 0 unspecified atom stereocenters. The van der Waals surface area contributed by atoms with Crippen LogP contribution in [0.1, 0.15) is 31.9 Å². The van der Waals surface area contributed by atoms with Crippen LogP contribution in [0.4, 0.5) is 10.1 Å². The molecule has 2 fully saturated rings. The van der Waals surface area contributed by atoms with Crippen molar-refractivity contribution in [3.63, 3.8) is 0 Å². The summed E-state index contributed by atoms with van der Waals surface area (Å²) in [6, 6.07) is 12.7. The maximum atomic E-state index is 14.2. The Morgan fingerprint density at radius 3 is 2.44 bits per heavy atom. The first-order valence-corrected chi connectivity index (χ1v) is 12.1. The summed E-state index contributed by atoms with van der Waals surface area (Å²) >= 11 is 0. The van der Waals surface area contributed by atoms with Crippen LogP contribution in [0.25, 0.3) is 0 Å². The van der Waals surface area contributed by atoms with Crippen molar-refractivity contribution >= 4 is 23.4 Å². The zero-order valence-corrected chi connectivity index (χ0v) is 20.7. The van der Waals surface area contributed by atoms with Gasteiger partial charge in [0.25, 0.3) is 0 Å². The van der Waals surface area contributed by atoms with Crippen LogP contribution in [-0.2, 0) is 25.7 Å². The summed E-state index contributed by atoms with van der Waals surface area (Å²) in [6.45, 7) is 7.78. The second-order valence-corrected chi connectivity index (χ2v) is 10.9. The highest BCUT2D eigenvalue weighted by molar-refractivity contribution is 6.02. The number of aryl methyl sites for hydroxylation is 1. The molecule has 5 rings (SSSR count). The van der Waals surface area contributed by atoms with Gasteiger partial charge in [-0.25, -0.2) is 4.39 Å². The number of nitrogens with zero attached hydrogens (tertiary/aromatic N) is 1. The smallest absolute Gasteiger partial charge is 0.246 e.